The molecule has 4 nitrogen and oxygen atoms in total. The SMILES string of the molecule is CCNCc1cn(-c2ccccc2C(C)C)nn1. The van der Waals surface area contributed by atoms with Crippen LogP contribution in [0.5, 0.6) is 0 Å². The molecule has 1 aromatic heterocycles. The summed E-state index contributed by atoms with van der Waals surface area (Å²) in [6.45, 7) is 8.17. The molecule has 18 heavy (non-hydrogen) atoms. The van der Waals surface area contributed by atoms with Crippen LogP contribution in [0.3, 0.4) is 0 Å². The Morgan fingerprint density at radius 2 is 2.06 bits per heavy atom. The molecule has 1 N–H and O–H groups in total. The van der Waals surface area contributed by atoms with E-state index in [1.807, 2.05) is 16.9 Å². The number of rotatable bonds is 5. The van der Waals surface area contributed by atoms with Crippen LogP contribution in [-0.2, 0) is 6.54 Å². The summed E-state index contributed by atoms with van der Waals surface area (Å²) in [5.41, 5.74) is 3.37. The van der Waals surface area contributed by atoms with Crippen molar-refractivity contribution >= 4 is 0 Å². The number of hydrogen-bond acceptors (Lipinski definition) is 3. The molecular formula is C14H20N4. The van der Waals surface area contributed by atoms with Crippen LogP contribution in [0.15, 0.2) is 30.5 Å². The average molecular weight is 244 g/mol. The zero-order valence-corrected chi connectivity index (χ0v) is 11.2. The maximum atomic E-state index is 4.21. The van der Waals surface area contributed by atoms with Gasteiger partial charge in [-0.05, 0) is 24.1 Å². The van der Waals surface area contributed by atoms with E-state index < -0.39 is 0 Å². The minimum Gasteiger partial charge on any atom is -0.311 e. The van der Waals surface area contributed by atoms with Crippen molar-refractivity contribution in [3.05, 3.63) is 41.7 Å². The normalized spacial score (nSPS) is 11.1. The third kappa shape index (κ3) is 2.76. The molecule has 0 saturated carbocycles. The van der Waals surface area contributed by atoms with Crippen LogP contribution in [0.1, 0.15) is 37.9 Å². The number of para-hydroxylation sites is 1. The Morgan fingerprint density at radius 3 is 2.78 bits per heavy atom. The standard InChI is InChI=1S/C14H20N4/c1-4-15-9-12-10-18(17-16-12)14-8-6-5-7-13(14)11(2)3/h5-8,10-11,15H,4,9H2,1-3H3. The molecule has 0 saturated heterocycles. The minimum absolute atomic E-state index is 0.475. The highest BCUT2D eigenvalue weighted by Crippen LogP contribution is 2.21. The number of hydrogen-bond donors (Lipinski definition) is 1. The van der Waals surface area contributed by atoms with Gasteiger partial charge in [0.05, 0.1) is 17.6 Å². The number of nitrogens with zero attached hydrogens (tertiary/aromatic N) is 3. The first-order valence-corrected chi connectivity index (χ1v) is 6.43. The van der Waals surface area contributed by atoms with Gasteiger partial charge in [-0.2, -0.15) is 0 Å². The molecule has 0 radical (unpaired) electrons. The van der Waals surface area contributed by atoms with Gasteiger partial charge < -0.3 is 5.32 Å². The first kappa shape index (κ1) is 12.8. The minimum atomic E-state index is 0.475. The first-order chi connectivity index (χ1) is 8.72. The van der Waals surface area contributed by atoms with E-state index in [9.17, 15) is 0 Å². The Morgan fingerprint density at radius 1 is 1.28 bits per heavy atom. The summed E-state index contributed by atoms with van der Waals surface area (Å²) in [6, 6.07) is 8.33. The molecule has 0 atom stereocenters. The van der Waals surface area contributed by atoms with Crippen molar-refractivity contribution in [2.75, 3.05) is 6.54 Å². The molecule has 0 aliphatic carbocycles. The Hall–Kier alpha value is -1.68. The van der Waals surface area contributed by atoms with E-state index in [1.165, 1.54) is 5.56 Å². The van der Waals surface area contributed by atoms with Crippen LogP contribution in [-0.4, -0.2) is 21.5 Å². The zero-order valence-electron chi connectivity index (χ0n) is 11.2. The van der Waals surface area contributed by atoms with Crippen LogP contribution in [0.25, 0.3) is 5.69 Å². The molecule has 0 unspecified atom stereocenters. The maximum absolute atomic E-state index is 4.21. The van der Waals surface area contributed by atoms with E-state index in [1.54, 1.807) is 0 Å². The third-order valence-electron chi connectivity index (χ3n) is 2.90. The first-order valence-electron chi connectivity index (χ1n) is 6.43. The van der Waals surface area contributed by atoms with Gasteiger partial charge in [0.25, 0.3) is 0 Å². The van der Waals surface area contributed by atoms with Crippen LogP contribution < -0.4 is 5.32 Å². The van der Waals surface area contributed by atoms with E-state index in [2.05, 4.69) is 54.6 Å². The van der Waals surface area contributed by atoms with Gasteiger partial charge in [0, 0.05) is 6.54 Å². The van der Waals surface area contributed by atoms with Gasteiger partial charge in [0.2, 0.25) is 0 Å². The lowest BCUT2D eigenvalue weighted by atomic mass is 10.0. The van der Waals surface area contributed by atoms with Gasteiger partial charge in [-0.1, -0.05) is 44.2 Å². The summed E-state index contributed by atoms with van der Waals surface area (Å²) in [5, 5.41) is 11.6. The molecule has 2 aromatic rings. The molecule has 0 bridgehead atoms. The Labute approximate surface area is 108 Å². The highest BCUT2D eigenvalue weighted by molar-refractivity contribution is 5.42. The largest absolute Gasteiger partial charge is 0.311 e. The fraction of sp³-hybridized carbons (Fsp3) is 0.429. The summed E-state index contributed by atoms with van der Waals surface area (Å²) in [7, 11) is 0. The van der Waals surface area contributed by atoms with E-state index in [0.717, 1.165) is 24.5 Å². The van der Waals surface area contributed by atoms with E-state index in [0.29, 0.717) is 5.92 Å². The molecule has 0 aliphatic rings. The zero-order chi connectivity index (χ0) is 13.0. The van der Waals surface area contributed by atoms with Gasteiger partial charge in [-0.3, -0.25) is 0 Å². The summed E-state index contributed by atoms with van der Waals surface area (Å²) in [6.07, 6.45) is 1.99. The molecule has 1 heterocycles. The fourth-order valence-electron chi connectivity index (χ4n) is 1.93. The molecule has 0 fully saturated rings. The van der Waals surface area contributed by atoms with Gasteiger partial charge in [-0.15, -0.1) is 5.10 Å². The monoisotopic (exact) mass is 244 g/mol. The summed E-state index contributed by atoms with van der Waals surface area (Å²) < 4.78 is 1.86. The number of aromatic nitrogens is 3. The van der Waals surface area contributed by atoms with E-state index >= 15 is 0 Å². The number of benzene rings is 1. The molecule has 0 amide bonds. The quantitative estimate of drug-likeness (QED) is 0.878. The Balaban J connectivity index is 2.28. The predicted molar refractivity (Wildman–Crippen MR) is 72.8 cm³/mol. The van der Waals surface area contributed by atoms with E-state index in [4.69, 9.17) is 0 Å². The highest BCUT2D eigenvalue weighted by Gasteiger charge is 2.09. The number of nitrogens with one attached hydrogen (secondary N) is 1. The van der Waals surface area contributed by atoms with Crippen molar-refractivity contribution < 1.29 is 0 Å². The Bertz CT molecular complexity index is 502. The molecule has 4 heteroatoms. The van der Waals surface area contributed by atoms with Crippen molar-refractivity contribution in [2.45, 2.75) is 33.2 Å². The second kappa shape index (κ2) is 5.78. The van der Waals surface area contributed by atoms with Crippen LogP contribution in [0.2, 0.25) is 0 Å². The van der Waals surface area contributed by atoms with Crippen molar-refractivity contribution in [3.63, 3.8) is 0 Å². The van der Waals surface area contributed by atoms with Crippen LogP contribution in [0.4, 0.5) is 0 Å². The average Bonchev–Trinajstić information content (AvgIpc) is 2.85. The Kier molecular flexibility index (Phi) is 4.10. The lowest BCUT2D eigenvalue weighted by Gasteiger charge is -2.11. The van der Waals surface area contributed by atoms with Crippen molar-refractivity contribution in [2.24, 2.45) is 0 Å². The smallest absolute Gasteiger partial charge is 0.0969 e. The molecular weight excluding hydrogens is 224 g/mol. The lowest BCUT2D eigenvalue weighted by molar-refractivity contribution is 0.705. The molecule has 2 rings (SSSR count). The van der Waals surface area contributed by atoms with Crippen LogP contribution >= 0.6 is 0 Å². The fourth-order valence-corrected chi connectivity index (χ4v) is 1.93. The third-order valence-corrected chi connectivity index (χ3v) is 2.90. The topological polar surface area (TPSA) is 42.7 Å². The molecule has 0 aliphatic heterocycles. The molecule has 0 spiro atoms. The van der Waals surface area contributed by atoms with Gasteiger partial charge in [0.1, 0.15) is 0 Å². The van der Waals surface area contributed by atoms with Crippen molar-refractivity contribution in [1.29, 1.82) is 0 Å². The predicted octanol–water partition coefficient (Wildman–Crippen LogP) is 2.50. The van der Waals surface area contributed by atoms with Gasteiger partial charge in [-0.25, -0.2) is 4.68 Å². The lowest BCUT2D eigenvalue weighted by Crippen LogP contribution is -2.11. The van der Waals surface area contributed by atoms with E-state index in [-0.39, 0.29) is 0 Å². The van der Waals surface area contributed by atoms with Crippen LogP contribution in [0, 0.1) is 0 Å². The summed E-state index contributed by atoms with van der Waals surface area (Å²) in [4.78, 5) is 0. The summed E-state index contributed by atoms with van der Waals surface area (Å²) >= 11 is 0. The van der Waals surface area contributed by atoms with Gasteiger partial charge in [0.15, 0.2) is 0 Å². The summed E-state index contributed by atoms with van der Waals surface area (Å²) in [5.74, 6) is 0.475. The van der Waals surface area contributed by atoms with Gasteiger partial charge >= 0.3 is 0 Å². The van der Waals surface area contributed by atoms with Crippen molar-refractivity contribution in [3.8, 4) is 5.69 Å². The second-order valence-corrected chi connectivity index (χ2v) is 4.65. The highest BCUT2D eigenvalue weighted by atomic mass is 15.4. The maximum Gasteiger partial charge on any atom is 0.0969 e. The molecule has 1 aromatic carbocycles. The van der Waals surface area contributed by atoms with Crippen molar-refractivity contribution in [1.82, 2.24) is 20.3 Å². The second-order valence-electron chi connectivity index (χ2n) is 4.65. The molecule has 96 valence electrons.